The minimum Gasteiger partial charge on any atom is -0.397 e. The van der Waals surface area contributed by atoms with Gasteiger partial charge in [0.25, 0.3) is 0 Å². The van der Waals surface area contributed by atoms with Gasteiger partial charge in [-0.3, -0.25) is 4.98 Å². The number of pyridine rings is 1. The van der Waals surface area contributed by atoms with Gasteiger partial charge in [-0.05, 0) is 25.5 Å². The molecule has 60 valence electrons. The number of hydrogen-bond donors (Lipinski definition) is 2. The van der Waals surface area contributed by atoms with Gasteiger partial charge in [-0.1, -0.05) is 0 Å². The molecule has 1 rings (SSSR count). The van der Waals surface area contributed by atoms with Crippen molar-refractivity contribution in [3.63, 3.8) is 0 Å². The first-order chi connectivity index (χ1) is 5.15. The number of aryl methyl sites for hydroxylation is 2. The first-order valence-electron chi connectivity index (χ1n) is 3.58. The first-order valence-corrected chi connectivity index (χ1v) is 3.58. The highest BCUT2D eigenvalue weighted by Crippen LogP contribution is 2.12. The Hall–Kier alpha value is -1.09. The van der Waals surface area contributed by atoms with Crippen LogP contribution in [0.4, 0.5) is 5.69 Å². The molecule has 0 aliphatic rings. The van der Waals surface area contributed by atoms with E-state index in [4.69, 9.17) is 11.5 Å². The lowest BCUT2D eigenvalue weighted by atomic mass is 10.2. The molecule has 0 spiro atoms. The minimum absolute atomic E-state index is 0.410. The molecule has 3 heteroatoms. The number of aromatic nitrogens is 1. The Labute approximate surface area is 66.4 Å². The summed E-state index contributed by atoms with van der Waals surface area (Å²) < 4.78 is 0. The van der Waals surface area contributed by atoms with Crippen LogP contribution in [0.25, 0.3) is 0 Å². The number of nitrogens with two attached hydrogens (primary N) is 2. The smallest absolute Gasteiger partial charge is 0.0771 e. The van der Waals surface area contributed by atoms with Crippen LogP contribution in [0.2, 0.25) is 0 Å². The fourth-order valence-electron chi connectivity index (χ4n) is 0.940. The van der Waals surface area contributed by atoms with E-state index in [1.165, 1.54) is 0 Å². The van der Waals surface area contributed by atoms with Gasteiger partial charge in [-0.2, -0.15) is 0 Å². The van der Waals surface area contributed by atoms with E-state index in [1.54, 1.807) is 0 Å². The van der Waals surface area contributed by atoms with Gasteiger partial charge < -0.3 is 11.5 Å². The lowest BCUT2D eigenvalue weighted by Crippen LogP contribution is -2.06. The molecule has 0 saturated heterocycles. The van der Waals surface area contributed by atoms with Gasteiger partial charge in [-0.15, -0.1) is 0 Å². The molecule has 0 bridgehead atoms. The molecule has 0 aliphatic heterocycles. The lowest BCUT2D eigenvalue weighted by molar-refractivity contribution is 0.965. The van der Waals surface area contributed by atoms with Gasteiger partial charge in [0, 0.05) is 12.2 Å². The summed E-state index contributed by atoms with van der Waals surface area (Å²) in [6.45, 7) is 4.35. The Morgan fingerprint density at radius 1 is 1.45 bits per heavy atom. The van der Waals surface area contributed by atoms with Crippen LogP contribution in [-0.2, 0) is 6.54 Å². The molecule has 0 aromatic carbocycles. The van der Waals surface area contributed by atoms with E-state index in [0.29, 0.717) is 12.2 Å². The fourth-order valence-corrected chi connectivity index (χ4v) is 0.940. The molecule has 0 aliphatic carbocycles. The average Bonchev–Trinajstić information content (AvgIpc) is 1.97. The zero-order valence-corrected chi connectivity index (χ0v) is 6.89. The van der Waals surface area contributed by atoms with Gasteiger partial charge in [0.05, 0.1) is 11.4 Å². The molecule has 0 amide bonds. The zero-order chi connectivity index (χ0) is 8.43. The van der Waals surface area contributed by atoms with Crippen LogP contribution in [0.3, 0.4) is 0 Å². The van der Waals surface area contributed by atoms with Crippen molar-refractivity contribution >= 4 is 5.69 Å². The summed E-state index contributed by atoms with van der Waals surface area (Å²) in [5.41, 5.74) is 14.7. The fraction of sp³-hybridized carbons (Fsp3) is 0.375. The van der Waals surface area contributed by atoms with Gasteiger partial charge in [0.1, 0.15) is 0 Å². The standard InChI is InChI=1S/C8H13N3/c1-5-3-7(10)8(4-9)11-6(5)2/h3H,4,9-10H2,1-2H3. The normalized spacial score (nSPS) is 10.1. The van der Waals surface area contributed by atoms with Crippen LogP contribution in [0.5, 0.6) is 0 Å². The molecule has 4 N–H and O–H groups in total. The van der Waals surface area contributed by atoms with Crippen molar-refractivity contribution in [1.82, 2.24) is 4.98 Å². The molecule has 0 atom stereocenters. The quantitative estimate of drug-likeness (QED) is 0.622. The van der Waals surface area contributed by atoms with E-state index >= 15 is 0 Å². The van der Waals surface area contributed by atoms with Crippen molar-refractivity contribution in [2.24, 2.45) is 5.73 Å². The Balaban J connectivity index is 3.21. The number of nitrogens with zero attached hydrogens (tertiary/aromatic N) is 1. The Morgan fingerprint density at radius 2 is 2.09 bits per heavy atom. The molecule has 1 aromatic rings. The van der Waals surface area contributed by atoms with Gasteiger partial charge >= 0.3 is 0 Å². The Morgan fingerprint density at radius 3 is 2.64 bits per heavy atom. The Bertz CT molecular complexity index is 268. The van der Waals surface area contributed by atoms with Crippen LogP contribution in [0.15, 0.2) is 6.07 Å². The molecular formula is C8H13N3. The highest BCUT2D eigenvalue weighted by molar-refractivity contribution is 5.46. The topological polar surface area (TPSA) is 64.9 Å². The van der Waals surface area contributed by atoms with Crippen molar-refractivity contribution in [1.29, 1.82) is 0 Å². The second kappa shape index (κ2) is 2.88. The van der Waals surface area contributed by atoms with Crippen molar-refractivity contribution in [2.75, 3.05) is 5.73 Å². The summed E-state index contributed by atoms with van der Waals surface area (Å²) in [5.74, 6) is 0. The monoisotopic (exact) mass is 151 g/mol. The van der Waals surface area contributed by atoms with Crippen LogP contribution in [0.1, 0.15) is 17.0 Å². The van der Waals surface area contributed by atoms with Crippen LogP contribution >= 0.6 is 0 Å². The third-order valence-electron chi connectivity index (χ3n) is 1.77. The van der Waals surface area contributed by atoms with Crippen molar-refractivity contribution in [3.8, 4) is 0 Å². The molecule has 1 aromatic heterocycles. The average molecular weight is 151 g/mol. The minimum atomic E-state index is 0.410. The highest BCUT2D eigenvalue weighted by Gasteiger charge is 2.00. The van der Waals surface area contributed by atoms with Gasteiger partial charge in [0.2, 0.25) is 0 Å². The lowest BCUT2D eigenvalue weighted by Gasteiger charge is -2.05. The molecule has 3 nitrogen and oxygen atoms in total. The maximum Gasteiger partial charge on any atom is 0.0771 e. The molecular weight excluding hydrogens is 138 g/mol. The van der Waals surface area contributed by atoms with Gasteiger partial charge in [0.15, 0.2) is 0 Å². The van der Waals surface area contributed by atoms with E-state index in [9.17, 15) is 0 Å². The zero-order valence-electron chi connectivity index (χ0n) is 6.89. The molecule has 0 radical (unpaired) electrons. The van der Waals surface area contributed by atoms with E-state index < -0.39 is 0 Å². The second-order valence-corrected chi connectivity index (χ2v) is 2.63. The third-order valence-corrected chi connectivity index (χ3v) is 1.77. The molecule has 0 fully saturated rings. The molecule has 0 saturated carbocycles. The van der Waals surface area contributed by atoms with E-state index in [-0.39, 0.29) is 0 Å². The van der Waals surface area contributed by atoms with E-state index in [0.717, 1.165) is 17.0 Å². The molecule has 11 heavy (non-hydrogen) atoms. The van der Waals surface area contributed by atoms with Crippen LogP contribution < -0.4 is 11.5 Å². The van der Waals surface area contributed by atoms with E-state index in [1.807, 2.05) is 19.9 Å². The maximum absolute atomic E-state index is 5.66. The number of anilines is 1. The SMILES string of the molecule is Cc1cc(N)c(CN)nc1C. The van der Waals surface area contributed by atoms with Gasteiger partial charge in [-0.25, -0.2) is 0 Å². The largest absolute Gasteiger partial charge is 0.397 e. The van der Waals surface area contributed by atoms with Crippen molar-refractivity contribution in [2.45, 2.75) is 20.4 Å². The van der Waals surface area contributed by atoms with E-state index in [2.05, 4.69) is 4.98 Å². The summed E-state index contributed by atoms with van der Waals surface area (Å²) in [6, 6.07) is 1.91. The van der Waals surface area contributed by atoms with Crippen LogP contribution in [0, 0.1) is 13.8 Å². The summed E-state index contributed by atoms with van der Waals surface area (Å²) in [4.78, 5) is 4.24. The predicted molar refractivity (Wildman–Crippen MR) is 46.0 cm³/mol. The Kier molecular flexibility index (Phi) is 2.10. The number of nitrogen functional groups attached to an aromatic ring is 1. The molecule has 0 unspecified atom stereocenters. The molecule has 1 heterocycles. The van der Waals surface area contributed by atoms with Crippen molar-refractivity contribution in [3.05, 3.63) is 23.0 Å². The first kappa shape index (κ1) is 8.01. The summed E-state index contributed by atoms with van der Waals surface area (Å²) in [5, 5.41) is 0. The third kappa shape index (κ3) is 1.49. The van der Waals surface area contributed by atoms with Crippen LogP contribution in [-0.4, -0.2) is 4.98 Å². The summed E-state index contributed by atoms with van der Waals surface area (Å²) in [7, 11) is 0. The second-order valence-electron chi connectivity index (χ2n) is 2.63. The van der Waals surface area contributed by atoms with Crippen molar-refractivity contribution < 1.29 is 0 Å². The maximum atomic E-state index is 5.66. The highest BCUT2D eigenvalue weighted by atomic mass is 14.8. The number of rotatable bonds is 1. The predicted octanol–water partition coefficient (Wildman–Crippen LogP) is 0.739. The number of hydrogen-bond acceptors (Lipinski definition) is 3. The summed E-state index contributed by atoms with van der Waals surface area (Å²) in [6.07, 6.45) is 0. The summed E-state index contributed by atoms with van der Waals surface area (Å²) >= 11 is 0.